The molecule has 4 rings (SSSR count). The zero-order valence-corrected chi connectivity index (χ0v) is 17.8. The molecular weight excluding hydrogens is 388 g/mol. The molecule has 1 N–H and O–H groups in total. The Morgan fingerprint density at radius 3 is 2.74 bits per heavy atom. The van der Waals surface area contributed by atoms with E-state index in [0.29, 0.717) is 19.4 Å². The highest BCUT2D eigenvalue weighted by molar-refractivity contribution is 5.77. The van der Waals surface area contributed by atoms with Crippen molar-refractivity contribution in [2.24, 2.45) is 0 Å². The van der Waals surface area contributed by atoms with Crippen molar-refractivity contribution in [1.29, 1.82) is 0 Å². The standard InChI is InChI=1S/C25H26N4O2/c1-18-8-7-15-29-22(17-28-25(18)29)21(20-10-3-4-11-23(20)31-2)16-24(30)27-14-12-19-9-5-6-13-26-19/h3-11,13,15,17,21H,12,14,16H2,1-2H3,(H,27,30). The zero-order valence-electron chi connectivity index (χ0n) is 17.8. The van der Waals surface area contributed by atoms with Gasteiger partial charge in [0, 0.05) is 55.2 Å². The number of fused-ring (bicyclic) bond motifs is 1. The lowest BCUT2D eigenvalue weighted by molar-refractivity contribution is -0.121. The van der Waals surface area contributed by atoms with Crippen LogP contribution in [0.3, 0.4) is 0 Å². The van der Waals surface area contributed by atoms with Gasteiger partial charge in [0.1, 0.15) is 11.4 Å². The lowest BCUT2D eigenvalue weighted by Crippen LogP contribution is -2.28. The average Bonchev–Trinajstić information content (AvgIpc) is 3.23. The van der Waals surface area contributed by atoms with Crippen LogP contribution in [0.1, 0.15) is 34.9 Å². The number of methoxy groups -OCH3 is 1. The van der Waals surface area contributed by atoms with Gasteiger partial charge in [-0.25, -0.2) is 4.98 Å². The van der Waals surface area contributed by atoms with Crippen LogP contribution in [0.15, 0.2) is 73.2 Å². The summed E-state index contributed by atoms with van der Waals surface area (Å²) < 4.78 is 7.67. The summed E-state index contributed by atoms with van der Waals surface area (Å²) in [6.07, 6.45) is 6.61. The second-order valence-corrected chi connectivity index (χ2v) is 7.49. The van der Waals surface area contributed by atoms with Gasteiger partial charge in [-0.2, -0.15) is 0 Å². The maximum absolute atomic E-state index is 12.9. The van der Waals surface area contributed by atoms with Crippen molar-refractivity contribution in [2.45, 2.75) is 25.7 Å². The quantitative estimate of drug-likeness (QED) is 0.474. The van der Waals surface area contributed by atoms with Crippen molar-refractivity contribution in [3.63, 3.8) is 0 Å². The minimum Gasteiger partial charge on any atom is -0.496 e. The van der Waals surface area contributed by atoms with Gasteiger partial charge in [0.25, 0.3) is 0 Å². The first-order valence-corrected chi connectivity index (χ1v) is 10.4. The van der Waals surface area contributed by atoms with E-state index in [1.54, 1.807) is 13.3 Å². The number of hydrogen-bond donors (Lipinski definition) is 1. The van der Waals surface area contributed by atoms with Gasteiger partial charge in [-0.05, 0) is 36.8 Å². The first-order valence-electron chi connectivity index (χ1n) is 10.4. The van der Waals surface area contributed by atoms with E-state index in [4.69, 9.17) is 4.74 Å². The molecule has 0 aliphatic carbocycles. The number of amides is 1. The molecule has 0 radical (unpaired) electrons. The second kappa shape index (κ2) is 9.43. The third-order valence-electron chi connectivity index (χ3n) is 5.45. The number of rotatable bonds is 8. The molecule has 0 saturated carbocycles. The zero-order chi connectivity index (χ0) is 21.6. The second-order valence-electron chi connectivity index (χ2n) is 7.49. The summed E-state index contributed by atoms with van der Waals surface area (Å²) in [5.74, 6) is 0.550. The number of carbonyl (C=O) groups is 1. The fourth-order valence-corrected chi connectivity index (χ4v) is 3.89. The van der Waals surface area contributed by atoms with Gasteiger partial charge in [0.05, 0.1) is 12.8 Å². The number of benzene rings is 1. The fraction of sp³-hybridized carbons (Fsp3) is 0.240. The molecule has 1 atom stereocenters. The summed E-state index contributed by atoms with van der Waals surface area (Å²) in [4.78, 5) is 21.8. The van der Waals surface area contributed by atoms with E-state index >= 15 is 0 Å². The Bertz CT molecular complexity index is 1170. The van der Waals surface area contributed by atoms with E-state index in [9.17, 15) is 4.79 Å². The molecule has 0 saturated heterocycles. The summed E-state index contributed by atoms with van der Waals surface area (Å²) in [7, 11) is 1.65. The Balaban J connectivity index is 1.60. The number of para-hydroxylation sites is 1. The molecule has 0 aliphatic heterocycles. The monoisotopic (exact) mass is 414 g/mol. The van der Waals surface area contributed by atoms with Crippen molar-refractivity contribution < 1.29 is 9.53 Å². The van der Waals surface area contributed by atoms with Crippen LogP contribution in [0.25, 0.3) is 5.65 Å². The van der Waals surface area contributed by atoms with Gasteiger partial charge in [0.15, 0.2) is 0 Å². The van der Waals surface area contributed by atoms with Crippen molar-refractivity contribution in [2.75, 3.05) is 13.7 Å². The Labute approximate surface area is 181 Å². The number of imidazole rings is 1. The van der Waals surface area contributed by atoms with E-state index in [2.05, 4.69) is 19.7 Å². The lowest BCUT2D eigenvalue weighted by atomic mass is 9.91. The first kappa shape index (κ1) is 20.6. The number of carbonyl (C=O) groups excluding carboxylic acids is 1. The molecule has 3 heterocycles. The maximum atomic E-state index is 12.9. The summed E-state index contributed by atoms with van der Waals surface area (Å²) >= 11 is 0. The minimum atomic E-state index is -0.192. The van der Waals surface area contributed by atoms with E-state index in [1.807, 2.05) is 73.9 Å². The minimum absolute atomic E-state index is 0.0190. The molecule has 6 heteroatoms. The normalized spacial score (nSPS) is 11.9. The Morgan fingerprint density at radius 1 is 1.10 bits per heavy atom. The highest BCUT2D eigenvalue weighted by Crippen LogP contribution is 2.35. The highest BCUT2D eigenvalue weighted by Gasteiger charge is 2.24. The van der Waals surface area contributed by atoms with Crippen LogP contribution >= 0.6 is 0 Å². The number of aryl methyl sites for hydroxylation is 1. The van der Waals surface area contributed by atoms with Crippen LogP contribution in [-0.4, -0.2) is 33.9 Å². The van der Waals surface area contributed by atoms with E-state index < -0.39 is 0 Å². The van der Waals surface area contributed by atoms with Crippen LogP contribution in [0.5, 0.6) is 5.75 Å². The van der Waals surface area contributed by atoms with Gasteiger partial charge in [0.2, 0.25) is 5.91 Å². The molecule has 1 amide bonds. The number of hydrogen-bond acceptors (Lipinski definition) is 4. The van der Waals surface area contributed by atoms with Crippen molar-refractivity contribution in [3.05, 3.63) is 95.7 Å². The Hall–Kier alpha value is -3.67. The number of pyridine rings is 2. The fourth-order valence-electron chi connectivity index (χ4n) is 3.89. The van der Waals surface area contributed by atoms with Crippen LogP contribution < -0.4 is 10.1 Å². The summed E-state index contributed by atoms with van der Waals surface area (Å²) in [5, 5.41) is 3.04. The van der Waals surface area contributed by atoms with Crippen LogP contribution in [0.2, 0.25) is 0 Å². The van der Waals surface area contributed by atoms with E-state index in [0.717, 1.165) is 33.9 Å². The Morgan fingerprint density at radius 2 is 1.94 bits per heavy atom. The number of nitrogens with zero attached hydrogens (tertiary/aromatic N) is 3. The van der Waals surface area contributed by atoms with Crippen LogP contribution in [0.4, 0.5) is 0 Å². The van der Waals surface area contributed by atoms with Crippen molar-refractivity contribution in [3.8, 4) is 5.75 Å². The third kappa shape index (κ3) is 4.58. The predicted octanol–water partition coefficient (Wildman–Crippen LogP) is 3.93. The largest absolute Gasteiger partial charge is 0.496 e. The number of ether oxygens (including phenoxy) is 1. The molecule has 1 aromatic carbocycles. The summed E-state index contributed by atoms with van der Waals surface area (Å²) in [6.45, 7) is 2.58. The van der Waals surface area contributed by atoms with Crippen molar-refractivity contribution >= 4 is 11.6 Å². The van der Waals surface area contributed by atoms with E-state index in [-0.39, 0.29) is 11.8 Å². The van der Waals surface area contributed by atoms with Gasteiger partial charge >= 0.3 is 0 Å². The summed E-state index contributed by atoms with van der Waals surface area (Å²) in [6, 6.07) is 17.7. The molecule has 158 valence electrons. The van der Waals surface area contributed by atoms with Gasteiger partial charge in [-0.15, -0.1) is 0 Å². The molecule has 4 aromatic rings. The predicted molar refractivity (Wildman–Crippen MR) is 120 cm³/mol. The molecule has 0 fully saturated rings. The number of aromatic nitrogens is 3. The maximum Gasteiger partial charge on any atom is 0.221 e. The van der Waals surface area contributed by atoms with Gasteiger partial charge in [-0.1, -0.05) is 30.3 Å². The third-order valence-corrected chi connectivity index (χ3v) is 5.45. The smallest absolute Gasteiger partial charge is 0.221 e. The molecule has 3 aromatic heterocycles. The van der Waals surface area contributed by atoms with E-state index in [1.165, 1.54) is 0 Å². The molecule has 0 bridgehead atoms. The lowest BCUT2D eigenvalue weighted by Gasteiger charge is -2.20. The van der Waals surface area contributed by atoms with Gasteiger partial charge < -0.3 is 14.5 Å². The van der Waals surface area contributed by atoms with Crippen LogP contribution in [0, 0.1) is 6.92 Å². The molecule has 1 unspecified atom stereocenters. The molecule has 0 aliphatic rings. The highest BCUT2D eigenvalue weighted by atomic mass is 16.5. The van der Waals surface area contributed by atoms with Crippen molar-refractivity contribution in [1.82, 2.24) is 19.7 Å². The molecular formula is C25H26N4O2. The van der Waals surface area contributed by atoms with Crippen LogP contribution in [-0.2, 0) is 11.2 Å². The summed E-state index contributed by atoms with van der Waals surface area (Å²) in [5.41, 5.74) is 4.87. The number of nitrogens with one attached hydrogen (secondary N) is 1. The Kier molecular flexibility index (Phi) is 6.26. The van der Waals surface area contributed by atoms with Gasteiger partial charge in [-0.3, -0.25) is 9.78 Å². The molecule has 6 nitrogen and oxygen atoms in total. The topological polar surface area (TPSA) is 68.5 Å². The molecule has 0 spiro atoms. The first-order chi connectivity index (χ1) is 15.2. The average molecular weight is 415 g/mol. The SMILES string of the molecule is COc1ccccc1C(CC(=O)NCCc1ccccn1)c1cnc2c(C)cccn12. The molecule has 31 heavy (non-hydrogen) atoms.